The number of aromatic nitrogens is 3. The molecule has 1 aromatic heterocycles. The molecule has 1 N–H and O–H groups in total. The van der Waals surface area contributed by atoms with Crippen LogP contribution in [-0.4, -0.2) is 27.8 Å². The zero-order chi connectivity index (χ0) is 20.9. The monoisotopic (exact) mass is 422 g/mol. The molecule has 7 heteroatoms. The second-order valence-corrected chi connectivity index (χ2v) is 8.53. The summed E-state index contributed by atoms with van der Waals surface area (Å²) in [6.07, 6.45) is 4.39. The lowest BCUT2D eigenvalue weighted by atomic mass is 10.1. The zero-order valence-corrected chi connectivity index (χ0v) is 18.1. The highest BCUT2D eigenvalue weighted by Gasteiger charge is 2.27. The molecule has 0 spiro atoms. The number of methoxy groups -OCH3 is 1. The second-order valence-electron chi connectivity index (χ2n) is 7.46. The first-order chi connectivity index (χ1) is 14.7. The minimum absolute atomic E-state index is 0.110. The van der Waals surface area contributed by atoms with E-state index in [0.717, 1.165) is 47.9 Å². The fraction of sp³-hybridized carbons (Fsp3) is 0.348. The molecular weight excluding hydrogens is 396 g/mol. The fourth-order valence-corrected chi connectivity index (χ4v) is 4.75. The summed E-state index contributed by atoms with van der Waals surface area (Å²) in [5, 5.41) is 12.2. The average molecular weight is 423 g/mol. The molecule has 30 heavy (non-hydrogen) atoms. The van der Waals surface area contributed by atoms with E-state index in [0.29, 0.717) is 11.4 Å². The summed E-state index contributed by atoms with van der Waals surface area (Å²) < 4.78 is 7.61. The molecule has 0 saturated heterocycles. The van der Waals surface area contributed by atoms with Crippen LogP contribution in [0.3, 0.4) is 0 Å². The summed E-state index contributed by atoms with van der Waals surface area (Å²) in [5.74, 6) is 1.55. The molecule has 1 amide bonds. The van der Waals surface area contributed by atoms with Gasteiger partial charge in [-0.25, -0.2) is 0 Å². The second kappa shape index (κ2) is 9.34. The first-order valence-corrected chi connectivity index (χ1v) is 11.1. The van der Waals surface area contributed by atoms with Gasteiger partial charge >= 0.3 is 0 Å². The van der Waals surface area contributed by atoms with Crippen LogP contribution in [0, 0.1) is 6.92 Å². The molecule has 156 valence electrons. The Bertz CT molecular complexity index is 1020. The summed E-state index contributed by atoms with van der Waals surface area (Å²) in [6, 6.07) is 15.6. The van der Waals surface area contributed by atoms with E-state index in [9.17, 15) is 4.79 Å². The van der Waals surface area contributed by atoms with E-state index in [-0.39, 0.29) is 5.91 Å². The molecule has 1 atom stereocenters. The van der Waals surface area contributed by atoms with Gasteiger partial charge in [-0.1, -0.05) is 54.6 Å². The van der Waals surface area contributed by atoms with E-state index in [1.807, 2.05) is 55.5 Å². The highest BCUT2D eigenvalue weighted by Crippen LogP contribution is 2.37. The maximum absolute atomic E-state index is 13.4. The SMILES string of the molecule is COc1ccc(C)cc1NC(=O)C(Sc1nnc2n1CCCCC2)c1ccccc1. The lowest BCUT2D eigenvalue weighted by Crippen LogP contribution is -2.20. The van der Waals surface area contributed by atoms with Gasteiger partial charge in [0, 0.05) is 13.0 Å². The van der Waals surface area contributed by atoms with Crippen LogP contribution in [0.5, 0.6) is 5.75 Å². The van der Waals surface area contributed by atoms with E-state index >= 15 is 0 Å². The molecule has 4 rings (SSSR count). The van der Waals surface area contributed by atoms with Crippen molar-refractivity contribution in [3.63, 3.8) is 0 Å². The van der Waals surface area contributed by atoms with Crippen LogP contribution in [0.2, 0.25) is 0 Å². The van der Waals surface area contributed by atoms with Gasteiger partial charge in [-0.05, 0) is 43.0 Å². The molecule has 0 radical (unpaired) electrons. The summed E-state index contributed by atoms with van der Waals surface area (Å²) in [4.78, 5) is 13.4. The number of fused-ring (bicyclic) bond motifs is 1. The molecule has 3 aromatic rings. The molecule has 1 aliphatic heterocycles. The Morgan fingerprint density at radius 3 is 2.77 bits per heavy atom. The van der Waals surface area contributed by atoms with E-state index in [2.05, 4.69) is 20.1 Å². The van der Waals surface area contributed by atoms with Crippen LogP contribution < -0.4 is 10.1 Å². The van der Waals surface area contributed by atoms with Crippen molar-refractivity contribution in [3.8, 4) is 5.75 Å². The van der Waals surface area contributed by atoms with Gasteiger partial charge in [0.05, 0.1) is 12.8 Å². The maximum atomic E-state index is 13.4. The predicted octanol–water partition coefficient (Wildman–Crippen LogP) is 4.79. The van der Waals surface area contributed by atoms with Gasteiger partial charge in [-0.2, -0.15) is 0 Å². The van der Waals surface area contributed by atoms with Crippen LogP contribution >= 0.6 is 11.8 Å². The number of amides is 1. The number of thioether (sulfide) groups is 1. The van der Waals surface area contributed by atoms with Crippen molar-refractivity contribution < 1.29 is 9.53 Å². The summed E-state index contributed by atoms with van der Waals surface area (Å²) in [6.45, 7) is 2.89. The van der Waals surface area contributed by atoms with Crippen LogP contribution in [0.4, 0.5) is 5.69 Å². The standard InChI is InChI=1S/C23H26N4O2S/c1-16-12-13-19(29-2)18(15-16)24-22(28)21(17-9-5-3-6-10-17)30-23-26-25-20-11-7-4-8-14-27(20)23/h3,5-6,9-10,12-13,15,21H,4,7-8,11,14H2,1-2H3,(H,24,28). The van der Waals surface area contributed by atoms with Crippen LogP contribution in [-0.2, 0) is 17.8 Å². The van der Waals surface area contributed by atoms with Gasteiger partial charge in [0.15, 0.2) is 5.16 Å². The normalized spacial score (nSPS) is 14.5. The Labute approximate surface area is 181 Å². The molecular formula is C23H26N4O2S. The Kier molecular flexibility index (Phi) is 6.38. The Morgan fingerprint density at radius 2 is 1.97 bits per heavy atom. The lowest BCUT2D eigenvalue weighted by molar-refractivity contribution is -0.115. The zero-order valence-electron chi connectivity index (χ0n) is 17.3. The van der Waals surface area contributed by atoms with Crippen molar-refractivity contribution in [2.24, 2.45) is 0 Å². The Balaban J connectivity index is 1.64. The number of carbonyl (C=O) groups is 1. The molecule has 1 aliphatic rings. The van der Waals surface area contributed by atoms with Crippen molar-refractivity contribution in [1.82, 2.24) is 14.8 Å². The van der Waals surface area contributed by atoms with Gasteiger partial charge in [-0.3, -0.25) is 4.79 Å². The largest absolute Gasteiger partial charge is 0.495 e. The van der Waals surface area contributed by atoms with Gasteiger partial charge in [0.25, 0.3) is 0 Å². The Morgan fingerprint density at radius 1 is 1.13 bits per heavy atom. The number of nitrogens with one attached hydrogen (secondary N) is 1. The number of carbonyl (C=O) groups excluding carboxylic acids is 1. The average Bonchev–Trinajstić information content (AvgIpc) is 2.98. The van der Waals surface area contributed by atoms with Crippen LogP contribution in [0.1, 0.15) is 41.5 Å². The van der Waals surface area contributed by atoms with Crippen LogP contribution in [0.15, 0.2) is 53.7 Å². The number of nitrogens with zero attached hydrogens (tertiary/aromatic N) is 3. The van der Waals surface area contributed by atoms with Crippen molar-refractivity contribution >= 4 is 23.4 Å². The van der Waals surface area contributed by atoms with Crippen molar-refractivity contribution in [2.75, 3.05) is 12.4 Å². The van der Waals surface area contributed by atoms with Gasteiger partial charge in [-0.15, -0.1) is 10.2 Å². The number of rotatable bonds is 6. The molecule has 6 nitrogen and oxygen atoms in total. The minimum atomic E-state index is -0.451. The van der Waals surface area contributed by atoms with Crippen molar-refractivity contribution in [3.05, 3.63) is 65.5 Å². The highest BCUT2D eigenvalue weighted by atomic mass is 32.2. The first kappa shape index (κ1) is 20.5. The highest BCUT2D eigenvalue weighted by molar-refractivity contribution is 8.00. The molecule has 1 unspecified atom stereocenters. The van der Waals surface area contributed by atoms with Gasteiger partial charge in [0.1, 0.15) is 16.8 Å². The number of hydrogen-bond acceptors (Lipinski definition) is 5. The van der Waals surface area contributed by atoms with Crippen LogP contribution in [0.25, 0.3) is 0 Å². The molecule has 0 aliphatic carbocycles. The quantitative estimate of drug-likeness (QED) is 0.578. The van der Waals surface area contributed by atoms with E-state index in [1.54, 1.807) is 7.11 Å². The van der Waals surface area contributed by atoms with E-state index in [1.165, 1.54) is 18.2 Å². The number of hydrogen-bond donors (Lipinski definition) is 1. The van der Waals surface area contributed by atoms with Gasteiger partial charge < -0.3 is 14.6 Å². The summed E-state index contributed by atoms with van der Waals surface area (Å²) >= 11 is 1.45. The molecule has 2 aromatic carbocycles. The topological polar surface area (TPSA) is 69.0 Å². The summed E-state index contributed by atoms with van der Waals surface area (Å²) in [7, 11) is 1.61. The molecule has 0 bridgehead atoms. The fourth-order valence-electron chi connectivity index (χ4n) is 3.67. The number of benzene rings is 2. The van der Waals surface area contributed by atoms with Crippen molar-refractivity contribution in [1.29, 1.82) is 0 Å². The predicted molar refractivity (Wildman–Crippen MR) is 119 cm³/mol. The van der Waals surface area contributed by atoms with Gasteiger partial charge in [0.2, 0.25) is 5.91 Å². The molecule has 2 heterocycles. The molecule has 0 saturated carbocycles. The molecule has 0 fully saturated rings. The summed E-state index contributed by atoms with van der Waals surface area (Å²) in [5.41, 5.74) is 2.65. The smallest absolute Gasteiger partial charge is 0.242 e. The first-order valence-electron chi connectivity index (χ1n) is 10.2. The maximum Gasteiger partial charge on any atom is 0.242 e. The third kappa shape index (κ3) is 4.51. The Hall–Kier alpha value is -2.80. The van der Waals surface area contributed by atoms with E-state index < -0.39 is 5.25 Å². The number of aryl methyl sites for hydroxylation is 2. The van der Waals surface area contributed by atoms with Crippen molar-refractivity contribution in [2.45, 2.75) is 49.6 Å². The van der Waals surface area contributed by atoms with E-state index in [4.69, 9.17) is 4.74 Å². The number of anilines is 1. The lowest BCUT2D eigenvalue weighted by Gasteiger charge is -2.18. The minimum Gasteiger partial charge on any atom is -0.495 e. The third-order valence-corrected chi connectivity index (χ3v) is 6.49. The number of ether oxygens (including phenoxy) is 1. The third-order valence-electron chi connectivity index (χ3n) is 5.25.